The number of carbonyl (C=O) groups excluding carboxylic acids is 1. The van der Waals surface area contributed by atoms with Crippen molar-refractivity contribution >= 4 is 27.3 Å². The summed E-state index contributed by atoms with van der Waals surface area (Å²) < 4.78 is 41.1. The number of nitrogens with zero attached hydrogens (tertiary/aromatic N) is 2. The van der Waals surface area contributed by atoms with Crippen LogP contribution in [0.1, 0.15) is 10.4 Å². The van der Waals surface area contributed by atoms with Crippen LogP contribution in [0.3, 0.4) is 0 Å². The highest BCUT2D eigenvalue weighted by Gasteiger charge is 2.29. The Labute approximate surface area is 181 Å². The first-order valence-electron chi connectivity index (χ1n) is 9.91. The molecule has 160 valence electrons. The lowest BCUT2D eigenvalue weighted by atomic mass is 10.2. The van der Waals surface area contributed by atoms with Gasteiger partial charge in [0.1, 0.15) is 5.82 Å². The molecule has 1 aliphatic heterocycles. The second-order valence-electron chi connectivity index (χ2n) is 7.22. The van der Waals surface area contributed by atoms with Crippen molar-refractivity contribution in [2.75, 3.05) is 36.4 Å². The number of anilines is 2. The Bertz CT molecular complexity index is 1180. The molecule has 31 heavy (non-hydrogen) atoms. The molecule has 0 saturated carbocycles. The summed E-state index contributed by atoms with van der Waals surface area (Å²) in [4.78, 5) is 14.7. The molecule has 1 saturated heterocycles. The lowest BCUT2D eigenvalue weighted by Crippen LogP contribution is -2.48. The maximum atomic E-state index is 13.3. The fourth-order valence-corrected chi connectivity index (χ4v) is 5.01. The van der Waals surface area contributed by atoms with E-state index in [2.05, 4.69) is 10.2 Å². The van der Waals surface area contributed by atoms with Crippen LogP contribution in [-0.2, 0) is 10.0 Å². The molecule has 0 bridgehead atoms. The number of halogens is 1. The number of benzene rings is 3. The number of amides is 1. The van der Waals surface area contributed by atoms with Crippen LogP contribution in [-0.4, -0.2) is 44.8 Å². The van der Waals surface area contributed by atoms with Gasteiger partial charge in [0.2, 0.25) is 10.0 Å². The van der Waals surface area contributed by atoms with E-state index in [1.54, 1.807) is 6.07 Å². The summed E-state index contributed by atoms with van der Waals surface area (Å²) in [5, 5.41) is 2.59. The van der Waals surface area contributed by atoms with Crippen molar-refractivity contribution in [2.45, 2.75) is 4.90 Å². The normalized spacial score (nSPS) is 14.9. The van der Waals surface area contributed by atoms with Crippen molar-refractivity contribution in [3.8, 4) is 0 Å². The maximum Gasteiger partial charge on any atom is 0.255 e. The molecule has 1 amide bonds. The molecule has 1 heterocycles. The number of piperazine rings is 1. The van der Waals surface area contributed by atoms with Gasteiger partial charge in [-0.1, -0.05) is 30.3 Å². The van der Waals surface area contributed by atoms with E-state index in [1.807, 2.05) is 30.3 Å². The van der Waals surface area contributed by atoms with Crippen molar-refractivity contribution in [3.05, 3.63) is 90.2 Å². The number of sulfonamides is 1. The van der Waals surface area contributed by atoms with E-state index in [9.17, 15) is 17.6 Å². The molecule has 4 rings (SSSR count). The molecule has 0 spiro atoms. The van der Waals surface area contributed by atoms with E-state index in [1.165, 1.54) is 46.8 Å². The summed E-state index contributed by atoms with van der Waals surface area (Å²) >= 11 is 0. The van der Waals surface area contributed by atoms with Crippen LogP contribution >= 0.6 is 0 Å². The molecule has 0 aliphatic carbocycles. The highest BCUT2D eigenvalue weighted by molar-refractivity contribution is 7.89. The second-order valence-corrected chi connectivity index (χ2v) is 9.16. The van der Waals surface area contributed by atoms with Crippen LogP contribution in [0, 0.1) is 5.82 Å². The number of carbonyl (C=O) groups is 1. The van der Waals surface area contributed by atoms with E-state index in [0.717, 1.165) is 5.69 Å². The minimum atomic E-state index is -3.74. The molecule has 3 aromatic rings. The van der Waals surface area contributed by atoms with Gasteiger partial charge >= 0.3 is 0 Å². The van der Waals surface area contributed by atoms with Crippen molar-refractivity contribution in [3.63, 3.8) is 0 Å². The Morgan fingerprint density at radius 1 is 0.839 bits per heavy atom. The third kappa shape index (κ3) is 4.76. The largest absolute Gasteiger partial charge is 0.369 e. The number of hydrogen-bond donors (Lipinski definition) is 1. The zero-order valence-electron chi connectivity index (χ0n) is 16.7. The number of hydrogen-bond acceptors (Lipinski definition) is 4. The van der Waals surface area contributed by atoms with Crippen molar-refractivity contribution in [1.82, 2.24) is 4.31 Å². The van der Waals surface area contributed by atoms with Gasteiger partial charge < -0.3 is 10.2 Å². The van der Waals surface area contributed by atoms with Gasteiger partial charge in [-0.05, 0) is 48.5 Å². The molecule has 1 N–H and O–H groups in total. The molecular weight excluding hydrogens is 417 g/mol. The first-order valence-corrected chi connectivity index (χ1v) is 11.3. The number of nitrogens with one attached hydrogen (secondary N) is 1. The Morgan fingerprint density at radius 2 is 1.55 bits per heavy atom. The average Bonchev–Trinajstić information content (AvgIpc) is 2.80. The number of para-hydroxylation sites is 1. The van der Waals surface area contributed by atoms with Crippen LogP contribution in [0.5, 0.6) is 0 Å². The molecule has 0 atom stereocenters. The van der Waals surface area contributed by atoms with E-state index in [-0.39, 0.29) is 10.5 Å². The monoisotopic (exact) mass is 439 g/mol. The first-order chi connectivity index (χ1) is 14.9. The molecule has 0 unspecified atom stereocenters. The van der Waals surface area contributed by atoms with E-state index >= 15 is 0 Å². The third-order valence-electron chi connectivity index (χ3n) is 5.18. The van der Waals surface area contributed by atoms with Gasteiger partial charge in [-0.15, -0.1) is 0 Å². The lowest BCUT2D eigenvalue weighted by molar-refractivity contribution is 0.102. The van der Waals surface area contributed by atoms with Crippen LogP contribution < -0.4 is 10.2 Å². The highest BCUT2D eigenvalue weighted by atomic mass is 32.2. The number of rotatable bonds is 5. The fourth-order valence-electron chi connectivity index (χ4n) is 3.54. The summed E-state index contributed by atoms with van der Waals surface area (Å²) in [6, 6.07) is 21.3. The summed E-state index contributed by atoms with van der Waals surface area (Å²) in [5.74, 6) is -0.972. The molecule has 8 heteroatoms. The summed E-state index contributed by atoms with van der Waals surface area (Å²) in [7, 11) is -3.74. The Morgan fingerprint density at radius 3 is 2.26 bits per heavy atom. The van der Waals surface area contributed by atoms with E-state index < -0.39 is 21.7 Å². The van der Waals surface area contributed by atoms with Crippen molar-refractivity contribution in [1.29, 1.82) is 0 Å². The standard InChI is InChI=1S/C23H22FN3O3S/c24-19-7-5-8-20(17-19)25-23(28)18-6-4-11-22(16-18)31(29,30)27-14-12-26(13-15-27)21-9-2-1-3-10-21/h1-11,16-17H,12-15H2,(H,25,28). The summed E-state index contributed by atoms with van der Waals surface area (Å²) in [6.07, 6.45) is 0. The minimum Gasteiger partial charge on any atom is -0.369 e. The minimum absolute atomic E-state index is 0.0625. The van der Waals surface area contributed by atoms with E-state index in [0.29, 0.717) is 31.9 Å². The van der Waals surface area contributed by atoms with Crippen LogP contribution in [0.15, 0.2) is 83.8 Å². The molecule has 0 aromatic heterocycles. The second kappa shape index (κ2) is 8.87. The van der Waals surface area contributed by atoms with Gasteiger partial charge in [-0.25, -0.2) is 12.8 Å². The zero-order valence-corrected chi connectivity index (χ0v) is 17.6. The van der Waals surface area contributed by atoms with Gasteiger partial charge in [0.15, 0.2) is 0 Å². The fraction of sp³-hybridized carbons (Fsp3) is 0.174. The zero-order chi connectivity index (χ0) is 21.8. The first kappa shape index (κ1) is 21.0. The highest BCUT2D eigenvalue weighted by Crippen LogP contribution is 2.22. The predicted molar refractivity (Wildman–Crippen MR) is 118 cm³/mol. The van der Waals surface area contributed by atoms with Gasteiger partial charge in [-0.2, -0.15) is 4.31 Å². The predicted octanol–water partition coefficient (Wildman–Crippen LogP) is 3.59. The molecule has 0 radical (unpaired) electrons. The topological polar surface area (TPSA) is 69.7 Å². The van der Waals surface area contributed by atoms with Gasteiger partial charge in [0, 0.05) is 43.1 Å². The quantitative estimate of drug-likeness (QED) is 0.660. The van der Waals surface area contributed by atoms with Crippen molar-refractivity contribution < 1.29 is 17.6 Å². The summed E-state index contributed by atoms with van der Waals surface area (Å²) in [6.45, 7) is 1.89. The molecular formula is C23H22FN3O3S. The molecule has 6 nitrogen and oxygen atoms in total. The maximum absolute atomic E-state index is 13.3. The smallest absolute Gasteiger partial charge is 0.255 e. The van der Waals surface area contributed by atoms with Crippen LogP contribution in [0.4, 0.5) is 15.8 Å². The average molecular weight is 440 g/mol. The Balaban J connectivity index is 1.47. The lowest BCUT2D eigenvalue weighted by Gasteiger charge is -2.35. The van der Waals surface area contributed by atoms with Crippen LogP contribution in [0.2, 0.25) is 0 Å². The van der Waals surface area contributed by atoms with Gasteiger partial charge in [0.05, 0.1) is 4.90 Å². The van der Waals surface area contributed by atoms with Gasteiger partial charge in [0.25, 0.3) is 5.91 Å². The molecule has 1 fully saturated rings. The molecule has 3 aromatic carbocycles. The summed E-state index contributed by atoms with van der Waals surface area (Å²) in [5.41, 5.74) is 1.55. The SMILES string of the molecule is O=C(Nc1cccc(F)c1)c1cccc(S(=O)(=O)N2CCN(c3ccccc3)CC2)c1. The van der Waals surface area contributed by atoms with Gasteiger partial charge in [-0.3, -0.25) is 4.79 Å². The van der Waals surface area contributed by atoms with Crippen LogP contribution in [0.25, 0.3) is 0 Å². The third-order valence-corrected chi connectivity index (χ3v) is 7.07. The molecule has 1 aliphatic rings. The Hall–Kier alpha value is -3.23. The van der Waals surface area contributed by atoms with Crippen molar-refractivity contribution in [2.24, 2.45) is 0 Å². The Kier molecular flexibility index (Phi) is 6.01. The van der Waals surface area contributed by atoms with E-state index in [4.69, 9.17) is 0 Å².